The summed E-state index contributed by atoms with van der Waals surface area (Å²) in [5, 5.41) is 3.28. The van der Waals surface area contributed by atoms with E-state index in [1.54, 1.807) is 29.2 Å². The summed E-state index contributed by atoms with van der Waals surface area (Å²) < 4.78 is 52.9. The maximum absolute atomic E-state index is 13.4. The summed E-state index contributed by atoms with van der Waals surface area (Å²) in [7, 11) is 0. The van der Waals surface area contributed by atoms with Crippen molar-refractivity contribution in [1.82, 2.24) is 15.2 Å². The van der Waals surface area contributed by atoms with Gasteiger partial charge in [-0.3, -0.25) is 9.69 Å². The fourth-order valence-electron chi connectivity index (χ4n) is 3.96. The largest absolute Gasteiger partial charge is 0.405 e. The van der Waals surface area contributed by atoms with E-state index in [1.807, 2.05) is 19.1 Å². The predicted molar refractivity (Wildman–Crippen MR) is 113 cm³/mol. The lowest BCUT2D eigenvalue weighted by Gasteiger charge is -2.39. The number of piperazine rings is 1. The lowest BCUT2D eigenvalue weighted by atomic mass is 9.98. The van der Waals surface area contributed by atoms with Crippen LogP contribution in [0.4, 0.5) is 17.6 Å². The van der Waals surface area contributed by atoms with Gasteiger partial charge < -0.3 is 11.1 Å². The number of hydrogen-bond acceptors (Lipinski definition) is 4. The third-order valence-electron chi connectivity index (χ3n) is 5.76. The molecule has 168 valence electrons. The Balaban J connectivity index is 1.70. The van der Waals surface area contributed by atoms with E-state index in [1.165, 1.54) is 12.1 Å². The van der Waals surface area contributed by atoms with Crippen molar-refractivity contribution in [3.05, 3.63) is 65.6 Å². The van der Waals surface area contributed by atoms with Crippen LogP contribution in [0.25, 0.3) is 22.0 Å². The second-order valence-electron chi connectivity index (χ2n) is 8.06. The van der Waals surface area contributed by atoms with Gasteiger partial charge in [0.15, 0.2) is 0 Å². The molecule has 1 amide bonds. The highest BCUT2D eigenvalue weighted by molar-refractivity contribution is 6.00. The summed E-state index contributed by atoms with van der Waals surface area (Å²) >= 11 is 0. The van der Waals surface area contributed by atoms with Crippen molar-refractivity contribution in [1.29, 1.82) is 0 Å². The number of primary amides is 1. The van der Waals surface area contributed by atoms with Crippen LogP contribution in [-0.4, -0.2) is 47.1 Å². The summed E-state index contributed by atoms with van der Waals surface area (Å²) in [6.07, 6.45) is -4.32. The second-order valence-corrected chi connectivity index (χ2v) is 8.06. The minimum absolute atomic E-state index is 0.0571. The Labute approximate surface area is 182 Å². The molecule has 32 heavy (non-hydrogen) atoms. The Hall–Kier alpha value is -3.04. The highest BCUT2D eigenvalue weighted by Gasteiger charge is 2.43. The van der Waals surface area contributed by atoms with Crippen molar-refractivity contribution in [3.63, 3.8) is 0 Å². The highest BCUT2D eigenvalue weighted by Crippen LogP contribution is 2.30. The van der Waals surface area contributed by atoms with Gasteiger partial charge in [-0.15, -0.1) is 0 Å². The molecule has 0 radical (unpaired) electrons. The number of carbonyl (C=O) groups is 1. The Bertz CT molecular complexity index is 1150. The van der Waals surface area contributed by atoms with Gasteiger partial charge in [0.25, 0.3) is 5.91 Å². The van der Waals surface area contributed by atoms with Gasteiger partial charge in [0, 0.05) is 31.1 Å². The van der Waals surface area contributed by atoms with E-state index in [-0.39, 0.29) is 30.6 Å². The quantitative estimate of drug-likeness (QED) is 0.597. The van der Waals surface area contributed by atoms with Crippen LogP contribution in [0.15, 0.2) is 48.5 Å². The molecule has 0 bridgehead atoms. The molecule has 2 atom stereocenters. The van der Waals surface area contributed by atoms with Gasteiger partial charge in [-0.2, -0.15) is 13.2 Å². The first kappa shape index (κ1) is 22.2. The van der Waals surface area contributed by atoms with Crippen molar-refractivity contribution in [2.24, 2.45) is 5.73 Å². The number of halogens is 4. The minimum atomic E-state index is -4.32. The van der Waals surface area contributed by atoms with E-state index in [0.29, 0.717) is 23.2 Å². The molecule has 0 saturated carbocycles. The van der Waals surface area contributed by atoms with Crippen molar-refractivity contribution >= 4 is 16.8 Å². The molecule has 3 N–H and O–H groups in total. The molecule has 1 saturated heterocycles. The smallest absolute Gasteiger partial charge is 0.364 e. The Morgan fingerprint density at radius 2 is 1.91 bits per heavy atom. The van der Waals surface area contributed by atoms with E-state index in [0.717, 1.165) is 10.9 Å². The van der Waals surface area contributed by atoms with Crippen molar-refractivity contribution in [2.45, 2.75) is 31.7 Å². The number of pyridine rings is 1. The van der Waals surface area contributed by atoms with E-state index in [4.69, 9.17) is 5.73 Å². The number of benzene rings is 2. The minimum Gasteiger partial charge on any atom is -0.364 e. The molecule has 4 rings (SSSR count). The SMILES string of the molecule is C[C@H]1CN[C@@H](C(F)(F)F)CN1Cc1ccc2c(-c3ccc(F)cc3)cc(C(N)=O)nc2c1. The van der Waals surface area contributed by atoms with Crippen LogP contribution in [0.3, 0.4) is 0 Å². The molecule has 1 aliphatic rings. The molecule has 1 aliphatic heterocycles. The Morgan fingerprint density at radius 3 is 2.56 bits per heavy atom. The van der Waals surface area contributed by atoms with E-state index < -0.39 is 18.1 Å². The van der Waals surface area contributed by atoms with E-state index in [9.17, 15) is 22.4 Å². The van der Waals surface area contributed by atoms with Gasteiger partial charge in [-0.1, -0.05) is 24.3 Å². The average Bonchev–Trinajstić information content (AvgIpc) is 2.74. The van der Waals surface area contributed by atoms with Crippen LogP contribution < -0.4 is 11.1 Å². The van der Waals surface area contributed by atoms with E-state index in [2.05, 4.69) is 10.3 Å². The first-order chi connectivity index (χ1) is 15.1. The molecule has 3 aromatic rings. The standard InChI is InChI=1S/C23H22F4N4O/c1-13-10-29-21(23(25,26)27)12-31(13)11-14-2-7-17-18(15-3-5-16(24)6-4-15)9-20(22(28)32)30-19(17)8-14/h2-9,13,21,29H,10-12H2,1H3,(H2,28,32)/t13-,21+/m0/s1. The molecule has 2 aromatic carbocycles. The van der Waals surface area contributed by atoms with Crippen LogP contribution in [0.5, 0.6) is 0 Å². The maximum Gasteiger partial charge on any atom is 0.405 e. The zero-order valence-corrected chi connectivity index (χ0v) is 17.3. The molecule has 1 fully saturated rings. The molecular formula is C23H22F4N4O. The number of alkyl halides is 3. The first-order valence-corrected chi connectivity index (χ1v) is 10.2. The molecule has 9 heteroatoms. The average molecular weight is 446 g/mol. The van der Waals surface area contributed by atoms with Gasteiger partial charge in [0.2, 0.25) is 0 Å². The molecule has 0 unspecified atom stereocenters. The zero-order chi connectivity index (χ0) is 23.0. The van der Waals surface area contributed by atoms with Crippen LogP contribution in [0, 0.1) is 5.82 Å². The monoisotopic (exact) mass is 446 g/mol. The lowest BCUT2D eigenvalue weighted by Crippen LogP contribution is -2.60. The zero-order valence-electron chi connectivity index (χ0n) is 17.3. The Kier molecular flexibility index (Phi) is 5.87. The van der Waals surface area contributed by atoms with Crippen molar-refractivity contribution in [2.75, 3.05) is 13.1 Å². The molecular weight excluding hydrogens is 424 g/mol. The lowest BCUT2D eigenvalue weighted by molar-refractivity contribution is -0.168. The summed E-state index contributed by atoms with van der Waals surface area (Å²) in [6, 6.07) is 11.1. The topological polar surface area (TPSA) is 71.2 Å². The molecule has 1 aromatic heterocycles. The fourth-order valence-corrected chi connectivity index (χ4v) is 3.96. The maximum atomic E-state index is 13.4. The molecule has 0 aliphatic carbocycles. The number of nitrogens with zero attached hydrogens (tertiary/aromatic N) is 2. The van der Waals surface area contributed by atoms with Crippen LogP contribution >= 0.6 is 0 Å². The number of rotatable bonds is 4. The number of hydrogen-bond donors (Lipinski definition) is 2. The third-order valence-corrected chi connectivity index (χ3v) is 5.76. The predicted octanol–water partition coefficient (Wildman–Crippen LogP) is 3.86. The molecule has 5 nitrogen and oxygen atoms in total. The fraction of sp³-hybridized carbons (Fsp3) is 0.304. The number of nitrogens with one attached hydrogen (secondary N) is 1. The number of carbonyl (C=O) groups excluding carboxylic acids is 1. The van der Waals surface area contributed by atoms with Crippen LogP contribution in [0.2, 0.25) is 0 Å². The van der Waals surface area contributed by atoms with Gasteiger partial charge in [-0.05, 0) is 47.9 Å². The molecule has 0 spiro atoms. The number of fused-ring (bicyclic) bond motifs is 1. The van der Waals surface area contributed by atoms with Crippen molar-refractivity contribution in [3.8, 4) is 11.1 Å². The number of amides is 1. The number of nitrogens with two attached hydrogens (primary N) is 1. The van der Waals surface area contributed by atoms with Gasteiger partial charge in [0.1, 0.15) is 17.6 Å². The van der Waals surface area contributed by atoms with Crippen molar-refractivity contribution < 1.29 is 22.4 Å². The van der Waals surface area contributed by atoms with Gasteiger partial charge in [0.05, 0.1) is 5.52 Å². The van der Waals surface area contributed by atoms with Crippen LogP contribution in [0.1, 0.15) is 23.0 Å². The first-order valence-electron chi connectivity index (χ1n) is 10.2. The van der Waals surface area contributed by atoms with Gasteiger partial charge >= 0.3 is 6.18 Å². The summed E-state index contributed by atoms with van der Waals surface area (Å²) in [4.78, 5) is 18.0. The summed E-state index contributed by atoms with van der Waals surface area (Å²) in [5.74, 6) is -1.09. The van der Waals surface area contributed by atoms with Gasteiger partial charge in [-0.25, -0.2) is 9.37 Å². The summed E-state index contributed by atoms with van der Waals surface area (Å²) in [6.45, 7) is 2.26. The second kappa shape index (κ2) is 8.48. The summed E-state index contributed by atoms with van der Waals surface area (Å²) in [5.41, 5.74) is 8.14. The van der Waals surface area contributed by atoms with E-state index >= 15 is 0 Å². The Morgan fingerprint density at radius 1 is 1.19 bits per heavy atom. The normalized spacial score (nSPS) is 19.9. The number of aromatic nitrogens is 1. The third kappa shape index (κ3) is 4.58. The highest BCUT2D eigenvalue weighted by atomic mass is 19.4. The van der Waals surface area contributed by atoms with Crippen LogP contribution in [-0.2, 0) is 6.54 Å². The molecule has 2 heterocycles.